The molecule has 0 saturated heterocycles. The molecule has 0 spiro atoms. The van der Waals surface area contributed by atoms with Gasteiger partial charge in [0.25, 0.3) is 0 Å². The molecular weight excluding hydrogens is 226 g/mol. The minimum absolute atomic E-state index is 0.0862. The highest BCUT2D eigenvalue weighted by Crippen LogP contribution is 2.41. The molecule has 0 amide bonds. The Hall–Kier alpha value is -0.930. The van der Waals surface area contributed by atoms with Crippen molar-refractivity contribution >= 4 is 11.6 Å². The van der Waals surface area contributed by atoms with Crippen LogP contribution < -0.4 is 15.2 Å². The molecule has 3 nitrogen and oxygen atoms in total. The van der Waals surface area contributed by atoms with Gasteiger partial charge in [-0.25, -0.2) is 0 Å². The second-order valence-corrected chi connectivity index (χ2v) is 5.08. The van der Waals surface area contributed by atoms with Crippen molar-refractivity contribution in [1.29, 1.82) is 0 Å². The van der Waals surface area contributed by atoms with Crippen LogP contribution in [-0.2, 0) is 6.42 Å². The van der Waals surface area contributed by atoms with E-state index in [0.717, 1.165) is 31.4 Å². The van der Waals surface area contributed by atoms with Gasteiger partial charge in [-0.3, -0.25) is 0 Å². The Morgan fingerprint density at radius 2 is 2.12 bits per heavy atom. The van der Waals surface area contributed by atoms with Crippen molar-refractivity contribution < 1.29 is 9.47 Å². The largest absolute Gasteiger partial charge is 0.454 e. The van der Waals surface area contributed by atoms with Crippen molar-refractivity contribution in [1.82, 2.24) is 0 Å². The van der Waals surface area contributed by atoms with Gasteiger partial charge in [-0.05, 0) is 43.4 Å². The normalized spacial score (nSPS) is 19.9. The molecule has 0 unspecified atom stereocenters. The van der Waals surface area contributed by atoms with Gasteiger partial charge in [0.1, 0.15) is 0 Å². The van der Waals surface area contributed by atoms with E-state index in [1.807, 2.05) is 12.1 Å². The monoisotopic (exact) mass is 239 g/mol. The zero-order chi connectivity index (χ0) is 11.2. The average molecular weight is 240 g/mol. The summed E-state index contributed by atoms with van der Waals surface area (Å²) in [4.78, 5) is 0. The van der Waals surface area contributed by atoms with E-state index in [0.29, 0.717) is 10.8 Å². The van der Waals surface area contributed by atoms with Gasteiger partial charge in [0, 0.05) is 5.54 Å². The van der Waals surface area contributed by atoms with Gasteiger partial charge in [-0.15, -0.1) is 0 Å². The van der Waals surface area contributed by atoms with Crippen molar-refractivity contribution in [3.8, 4) is 11.5 Å². The highest BCUT2D eigenvalue weighted by Gasteiger charge is 2.37. The lowest BCUT2D eigenvalue weighted by Crippen LogP contribution is -2.22. The Bertz CT molecular complexity index is 429. The van der Waals surface area contributed by atoms with Gasteiger partial charge in [-0.1, -0.05) is 11.6 Å². The Kier molecular flexibility index (Phi) is 2.26. The molecule has 1 aromatic rings. The van der Waals surface area contributed by atoms with E-state index in [2.05, 4.69) is 0 Å². The fourth-order valence-electron chi connectivity index (χ4n) is 1.97. The zero-order valence-electron chi connectivity index (χ0n) is 8.96. The second kappa shape index (κ2) is 3.54. The minimum atomic E-state index is 0.0862. The molecule has 3 rings (SSSR count). The second-order valence-electron chi connectivity index (χ2n) is 4.67. The first kappa shape index (κ1) is 10.2. The van der Waals surface area contributed by atoms with E-state index in [4.69, 9.17) is 26.8 Å². The number of fused-ring (bicyclic) bond motifs is 1. The molecule has 86 valence electrons. The molecule has 0 aromatic heterocycles. The molecule has 0 atom stereocenters. The summed E-state index contributed by atoms with van der Waals surface area (Å²) in [5, 5.41) is 0.631. The quantitative estimate of drug-likeness (QED) is 0.882. The first-order valence-corrected chi connectivity index (χ1v) is 5.91. The molecule has 1 saturated carbocycles. The standard InChI is InChI=1S/C12H14ClNO2/c13-9-5-8(1-2-12(14)3-4-12)6-10-11(9)16-7-15-10/h5-6H,1-4,7,14H2. The van der Waals surface area contributed by atoms with Crippen LogP contribution in [0.25, 0.3) is 0 Å². The van der Waals surface area contributed by atoms with Crippen LogP contribution in [0.4, 0.5) is 0 Å². The maximum absolute atomic E-state index is 6.10. The molecule has 1 aromatic carbocycles. The summed E-state index contributed by atoms with van der Waals surface area (Å²) in [6.45, 7) is 0.263. The molecule has 2 aliphatic rings. The van der Waals surface area contributed by atoms with E-state index in [-0.39, 0.29) is 12.3 Å². The number of rotatable bonds is 3. The highest BCUT2D eigenvalue weighted by molar-refractivity contribution is 6.32. The molecule has 1 aliphatic carbocycles. The summed E-state index contributed by atoms with van der Waals surface area (Å²) >= 11 is 6.10. The highest BCUT2D eigenvalue weighted by atomic mass is 35.5. The Balaban J connectivity index is 1.77. The van der Waals surface area contributed by atoms with Gasteiger partial charge in [0.05, 0.1) is 5.02 Å². The number of hydrogen-bond donors (Lipinski definition) is 1. The lowest BCUT2D eigenvalue weighted by Gasteiger charge is -2.09. The van der Waals surface area contributed by atoms with E-state index in [1.54, 1.807) is 0 Å². The number of ether oxygens (including phenoxy) is 2. The number of benzene rings is 1. The van der Waals surface area contributed by atoms with Crippen molar-refractivity contribution in [3.05, 3.63) is 22.7 Å². The molecule has 0 bridgehead atoms. The Labute approximate surface area is 99.5 Å². The zero-order valence-corrected chi connectivity index (χ0v) is 9.72. The summed E-state index contributed by atoms with van der Waals surface area (Å²) in [6.07, 6.45) is 4.26. The predicted molar refractivity (Wildman–Crippen MR) is 62.0 cm³/mol. The number of halogens is 1. The Morgan fingerprint density at radius 3 is 2.88 bits per heavy atom. The third-order valence-electron chi connectivity index (χ3n) is 3.29. The summed E-state index contributed by atoms with van der Waals surface area (Å²) in [7, 11) is 0. The third kappa shape index (κ3) is 1.85. The Morgan fingerprint density at radius 1 is 1.31 bits per heavy atom. The molecule has 0 radical (unpaired) electrons. The van der Waals surface area contributed by atoms with Crippen molar-refractivity contribution in [2.24, 2.45) is 5.73 Å². The molecule has 16 heavy (non-hydrogen) atoms. The molecule has 4 heteroatoms. The van der Waals surface area contributed by atoms with Crippen LogP contribution in [0.15, 0.2) is 12.1 Å². The van der Waals surface area contributed by atoms with Crippen LogP contribution in [0, 0.1) is 0 Å². The molecule has 2 N–H and O–H groups in total. The lowest BCUT2D eigenvalue weighted by molar-refractivity contribution is 0.174. The number of hydrogen-bond acceptors (Lipinski definition) is 3. The summed E-state index contributed by atoms with van der Waals surface area (Å²) in [5.41, 5.74) is 7.31. The van der Waals surface area contributed by atoms with Crippen molar-refractivity contribution in [2.75, 3.05) is 6.79 Å². The minimum Gasteiger partial charge on any atom is -0.454 e. The van der Waals surface area contributed by atoms with Crippen molar-refractivity contribution in [2.45, 2.75) is 31.2 Å². The maximum atomic E-state index is 6.10. The van der Waals surface area contributed by atoms with E-state index >= 15 is 0 Å². The first-order valence-electron chi connectivity index (χ1n) is 5.53. The van der Waals surface area contributed by atoms with Crippen LogP contribution in [0.2, 0.25) is 5.02 Å². The average Bonchev–Trinajstić information content (AvgIpc) is 2.79. The van der Waals surface area contributed by atoms with Crippen LogP contribution in [0.5, 0.6) is 11.5 Å². The van der Waals surface area contributed by atoms with Gasteiger partial charge in [-0.2, -0.15) is 0 Å². The van der Waals surface area contributed by atoms with E-state index in [9.17, 15) is 0 Å². The number of nitrogens with two attached hydrogens (primary N) is 1. The van der Waals surface area contributed by atoms with Gasteiger partial charge < -0.3 is 15.2 Å². The molecule has 1 heterocycles. The molecular formula is C12H14ClNO2. The fraction of sp³-hybridized carbons (Fsp3) is 0.500. The maximum Gasteiger partial charge on any atom is 0.231 e. The fourth-order valence-corrected chi connectivity index (χ4v) is 2.26. The van der Waals surface area contributed by atoms with Crippen LogP contribution >= 0.6 is 11.6 Å². The topological polar surface area (TPSA) is 44.5 Å². The smallest absolute Gasteiger partial charge is 0.231 e. The van der Waals surface area contributed by atoms with Gasteiger partial charge in [0.15, 0.2) is 11.5 Å². The first-order chi connectivity index (χ1) is 7.66. The SMILES string of the molecule is NC1(CCc2cc(Cl)c3c(c2)OCO3)CC1. The van der Waals surface area contributed by atoms with Crippen LogP contribution in [0.1, 0.15) is 24.8 Å². The summed E-state index contributed by atoms with van der Waals surface area (Å²) in [5.74, 6) is 1.42. The lowest BCUT2D eigenvalue weighted by atomic mass is 10.0. The predicted octanol–water partition coefficient (Wildman–Crippen LogP) is 2.49. The third-order valence-corrected chi connectivity index (χ3v) is 3.57. The van der Waals surface area contributed by atoms with E-state index in [1.165, 1.54) is 5.56 Å². The van der Waals surface area contributed by atoms with Gasteiger partial charge >= 0.3 is 0 Å². The summed E-state index contributed by atoms with van der Waals surface area (Å²) in [6, 6.07) is 3.95. The van der Waals surface area contributed by atoms with Gasteiger partial charge in [0.2, 0.25) is 6.79 Å². The van der Waals surface area contributed by atoms with E-state index < -0.39 is 0 Å². The van der Waals surface area contributed by atoms with Crippen LogP contribution in [0.3, 0.4) is 0 Å². The summed E-state index contributed by atoms with van der Waals surface area (Å²) < 4.78 is 10.6. The number of aryl methyl sites for hydroxylation is 1. The van der Waals surface area contributed by atoms with Crippen molar-refractivity contribution in [3.63, 3.8) is 0 Å². The molecule has 1 aliphatic heterocycles. The molecule has 1 fully saturated rings. The van der Waals surface area contributed by atoms with Crippen LogP contribution in [-0.4, -0.2) is 12.3 Å².